The average molecular weight is 762 g/mol. The van der Waals surface area contributed by atoms with Gasteiger partial charge in [-0.05, 0) is 123 Å². The maximum absolute atomic E-state index is 15.1. The van der Waals surface area contributed by atoms with E-state index in [9.17, 15) is 14.4 Å². The fraction of sp³-hybridized carbons (Fsp3) is 0.511. The molecule has 3 aromatic carbocycles. The van der Waals surface area contributed by atoms with E-state index in [1.807, 2.05) is 12.1 Å². The van der Waals surface area contributed by atoms with Crippen LogP contribution in [-0.4, -0.2) is 59.0 Å². The molecule has 5 heterocycles. The first kappa shape index (κ1) is 35.3. The number of amides is 2. The third-order valence-corrected chi connectivity index (χ3v) is 14.7. The molecule has 2 saturated carbocycles. The lowest BCUT2D eigenvalue weighted by molar-refractivity contribution is -0.129. The van der Waals surface area contributed by atoms with Crippen molar-refractivity contribution >= 4 is 45.7 Å². The fourth-order valence-corrected chi connectivity index (χ4v) is 11.7. The van der Waals surface area contributed by atoms with Gasteiger partial charge in [0, 0.05) is 45.6 Å². The predicted octanol–water partition coefficient (Wildman–Crippen LogP) is 8.66. The third-order valence-electron chi connectivity index (χ3n) is 14.4. The number of piperidine rings is 2. The molecule has 8 nitrogen and oxygen atoms in total. The van der Waals surface area contributed by atoms with Crippen LogP contribution in [-0.2, 0) is 15.0 Å². The van der Waals surface area contributed by atoms with Gasteiger partial charge in [0.2, 0.25) is 11.8 Å². The van der Waals surface area contributed by atoms with Crippen molar-refractivity contribution in [2.45, 2.75) is 101 Å². The number of hydrogen-bond acceptors (Lipinski definition) is 6. The summed E-state index contributed by atoms with van der Waals surface area (Å²) < 4.78 is 17.4. The van der Waals surface area contributed by atoms with E-state index >= 15 is 4.39 Å². The highest BCUT2D eigenvalue weighted by Gasteiger charge is 2.48. The zero-order valence-corrected chi connectivity index (χ0v) is 32.3. The number of anilines is 2. The number of rotatable bonds is 5. The molecule has 0 unspecified atom stereocenters. The van der Waals surface area contributed by atoms with E-state index in [1.165, 1.54) is 59.9 Å². The van der Waals surface area contributed by atoms with Crippen molar-refractivity contribution in [1.29, 1.82) is 0 Å². The molecule has 1 aromatic heterocycles. The number of aromatic nitrogens is 2. The molecule has 2 spiro atoms. The summed E-state index contributed by atoms with van der Waals surface area (Å²) in [6, 6.07) is 17.6. The number of halogens is 2. The molecule has 0 N–H and O–H groups in total. The average Bonchev–Trinajstić information content (AvgIpc) is 3.43. The first-order chi connectivity index (χ1) is 26.7. The molecule has 5 fully saturated rings. The quantitative estimate of drug-likeness (QED) is 0.190. The molecule has 10 heteroatoms. The minimum atomic E-state index is -0.299. The number of likely N-dealkylation sites (tertiary alicyclic amines) is 1. The SMILES string of the molecule is O=C1CCCC(=O)N1c1ccc(F)c(N2CCC3(CC2)CN(CC2CCC(c4ccc5c(c4)-n4c(nc(=O)c6c(Cl)cccc64)C54CCCCC4)CC2)C3)c1. The summed E-state index contributed by atoms with van der Waals surface area (Å²) in [6.07, 6.45) is 13.7. The molecule has 0 bridgehead atoms. The lowest BCUT2D eigenvalue weighted by Crippen LogP contribution is -2.61. The second-order valence-corrected chi connectivity index (χ2v) is 18.0. The molecule has 286 valence electrons. The van der Waals surface area contributed by atoms with Gasteiger partial charge < -0.3 is 9.80 Å². The van der Waals surface area contributed by atoms with Gasteiger partial charge in [0.1, 0.15) is 11.6 Å². The number of carbonyl (C=O) groups excluding carboxylic acids is 2. The molecule has 0 atom stereocenters. The van der Waals surface area contributed by atoms with Crippen LogP contribution in [0.2, 0.25) is 5.02 Å². The van der Waals surface area contributed by atoms with Crippen molar-refractivity contribution in [2.75, 3.05) is 42.5 Å². The smallest absolute Gasteiger partial charge is 0.282 e. The van der Waals surface area contributed by atoms with Crippen LogP contribution >= 0.6 is 11.6 Å². The van der Waals surface area contributed by atoms with Crippen molar-refractivity contribution in [3.63, 3.8) is 0 Å². The number of nitrogens with zero attached hydrogens (tertiary/aromatic N) is 5. The van der Waals surface area contributed by atoms with E-state index in [0.29, 0.717) is 58.3 Å². The van der Waals surface area contributed by atoms with Crippen molar-refractivity contribution in [2.24, 2.45) is 11.3 Å². The van der Waals surface area contributed by atoms with Gasteiger partial charge in [-0.2, -0.15) is 4.98 Å². The Balaban J connectivity index is 0.779. The Hall–Kier alpha value is -4.08. The van der Waals surface area contributed by atoms with E-state index in [4.69, 9.17) is 16.6 Å². The summed E-state index contributed by atoms with van der Waals surface area (Å²) in [5.74, 6) is 1.43. The molecule has 4 aliphatic heterocycles. The Morgan fingerprint density at radius 3 is 2.29 bits per heavy atom. The van der Waals surface area contributed by atoms with Crippen molar-refractivity contribution < 1.29 is 14.0 Å². The number of imide groups is 1. The monoisotopic (exact) mass is 761 g/mol. The summed E-state index contributed by atoms with van der Waals surface area (Å²) in [5.41, 5.74) is 5.64. The van der Waals surface area contributed by atoms with E-state index in [0.717, 1.165) is 82.6 Å². The molecule has 3 saturated heterocycles. The summed E-state index contributed by atoms with van der Waals surface area (Å²) in [6.45, 7) is 4.94. The van der Waals surface area contributed by atoms with E-state index in [2.05, 4.69) is 32.6 Å². The first-order valence-corrected chi connectivity index (χ1v) is 21.1. The lowest BCUT2D eigenvalue weighted by atomic mass is 9.69. The molecule has 6 aliphatic rings. The largest absolute Gasteiger partial charge is 0.369 e. The van der Waals surface area contributed by atoms with Gasteiger partial charge in [0.25, 0.3) is 5.56 Å². The zero-order valence-electron chi connectivity index (χ0n) is 31.5. The first-order valence-electron chi connectivity index (χ1n) is 20.7. The lowest BCUT2D eigenvalue weighted by Gasteiger charge is -2.55. The molecule has 2 aliphatic carbocycles. The molecular weight excluding hydrogens is 713 g/mol. The second-order valence-electron chi connectivity index (χ2n) is 17.6. The van der Waals surface area contributed by atoms with Gasteiger partial charge >= 0.3 is 0 Å². The molecular formula is C45H49ClFN5O3. The summed E-state index contributed by atoms with van der Waals surface area (Å²) >= 11 is 6.61. The van der Waals surface area contributed by atoms with Crippen LogP contribution in [0.1, 0.15) is 113 Å². The second kappa shape index (κ2) is 13.5. The fourth-order valence-electron chi connectivity index (χ4n) is 11.5. The third kappa shape index (κ3) is 5.86. The van der Waals surface area contributed by atoms with Gasteiger partial charge in [-0.15, -0.1) is 0 Å². The molecule has 4 aromatic rings. The zero-order chi connectivity index (χ0) is 37.5. The Labute approximate surface area is 326 Å². The van der Waals surface area contributed by atoms with Gasteiger partial charge in [-0.25, -0.2) is 4.39 Å². The van der Waals surface area contributed by atoms with Crippen LogP contribution in [0.15, 0.2) is 59.4 Å². The maximum Gasteiger partial charge on any atom is 0.282 e. The Bertz CT molecular complexity index is 2240. The Kier molecular flexibility index (Phi) is 8.70. The molecule has 10 rings (SSSR count). The van der Waals surface area contributed by atoms with Crippen molar-refractivity contribution in [3.8, 4) is 5.69 Å². The highest BCUT2D eigenvalue weighted by molar-refractivity contribution is 6.35. The number of fused-ring (bicyclic) bond motifs is 7. The molecule has 2 amide bonds. The van der Waals surface area contributed by atoms with Crippen molar-refractivity contribution in [3.05, 3.63) is 92.7 Å². The van der Waals surface area contributed by atoms with Gasteiger partial charge in [-0.1, -0.05) is 49.1 Å². The van der Waals surface area contributed by atoms with Gasteiger partial charge in [0.15, 0.2) is 0 Å². The highest BCUT2D eigenvalue weighted by atomic mass is 35.5. The maximum atomic E-state index is 15.1. The predicted molar refractivity (Wildman–Crippen MR) is 214 cm³/mol. The number of hydrogen-bond donors (Lipinski definition) is 0. The normalized spacial score (nSPS) is 24.7. The summed E-state index contributed by atoms with van der Waals surface area (Å²) in [7, 11) is 0. The topological polar surface area (TPSA) is 78.8 Å². The van der Waals surface area contributed by atoms with Crippen LogP contribution < -0.4 is 15.4 Å². The van der Waals surface area contributed by atoms with E-state index in [-0.39, 0.29) is 28.6 Å². The number of carbonyl (C=O) groups is 2. The Morgan fingerprint density at radius 2 is 1.55 bits per heavy atom. The van der Waals surface area contributed by atoms with E-state index < -0.39 is 0 Å². The standard InChI is InChI=1S/C45H49ClFN5O3/c46-34-6-4-7-36-41(34)42(55)48-43-45(18-2-1-3-19-45)33-16-14-31(24-37(33)52(36)43)30-12-10-29(11-13-30)26-49-27-44(28-49)20-22-50(23-21-44)38-25-32(15-17-35(38)47)51-39(53)8-5-9-40(51)54/h4,6-7,14-17,24-25,29-30H,1-3,5,8-13,18-23,26-28H2. The van der Waals surface area contributed by atoms with Crippen LogP contribution in [0.4, 0.5) is 15.8 Å². The minimum Gasteiger partial charge on any atom is -0.369 e. The van der Waals surface area contributed by atoms with Gasteiger partial charge in [-0.3, -0.25) is 23.9 Å². The van der Waals surface area contributed by atoms with Crippen molar-refractivity contribution in [1.82, 2.24) is 14.5 Å². The minimum absolute atomic E-state index is 0.200. The summed E-state index contributed by atoms with van der Waals surface area (Å²) in [5, 5.41) is 0.980. The Morgan fingerprint density at radius 1 is 0.800 bits per heavy atom. The van der Waals surface area contributed by atoms with Crippen LogP contribution in [0.25, 0.3) is 16.6 Å². The van der Waals surface area contributed by atoms with Crippen LogP contribution in [0.3, 0.4) is 0 Å². The van der Waals surface area contributed by atoms with Crippen LogP contribution in [0.5, 0.6) is 0 Å². The molecule has 0 radical (unpaired) electrons. The summed E-state index contributed by atoms with van der Waals surface area (Å²) in [4.78, 5) is 49.2. The number of benzene rings is 3. The highest BCUT2D eigenvalue weighted by Crippen LogP contribution is 2.53. The van der Waals surface area contributed by atoms with E-state index in [1.54, 1.807) is 18.2 Å². The van der Waals surface area contributed by atoms with Gasteiger partial charge in [0.05, 0.1) is 38.4 Å². The van der Waals surface area contributed by atoms with Crippen LogP contribution in [0, 0.1) is 17.2 Å². The molecule has 55 heavy (non-hydrogen) atoms.